The molecule has 0 radical (unpaired) electrons. The maximum atomic E-state index is 10.7. The van der Waals surface area contributed by atoms with Gasteiger partial charge in [0.2, 0.25) is 0 Å². The molecule has 0 amide bonds. The van der Waals surface area contributed by atoms with Crippen LogP contribution in [-0.4, -0.2) is 10.1 Å². The van der Waals surface area contributed by atoms with Gasteiger partial charge < -0.3 is 5.11 Å². The van der Waals surface area contributed by atoms with Gasteiger partial charge in [0.1, 0.15) is 0 Å². The first-order valence-corrected chi connectivity index (χ1v) is 7.82. The lowest BCUT2D eigenvalue weighted by Crippen LogP contribution is -2.14. The summed E-state index contributed by atoms with van der Waals surface area (Å²) in [6.45, 7) is 0. The zero-order valence-electron chi connectivity index (χ0n) is 11.7. The van der Waals surface area contributed by atoms with Gasteiger partial charge >= 0.3 is 0 Å². The van der Waals surface area contributed by atoms with Crippen LogP contribution in [0.15, 0.2) is 36.7 Å². The van der Waals surface area contributed by atoms with E-state index in [1.807, 2.05) is 24.5 Å². The Hall–Kier alpha value is -1.41. The number of fused-ring (bicyclic) bond motifs is 3. The molecule has 0 saturated heterocycles. The Balaban J connectivity index is 1.59. The summed E-state index contributed by atoms with van der Waals surface area (Å²) in [5.74, 6) is 2.57. The van der Waals surface area contributed by atoms with E-state index in [1.54, 1.807) is 0 Å². The van der Waals surface area contributed by atoms with E-state index in [1.165, 1.54) is 25.7 Å². The zero-order chi connectivity index (χ0) is 13.5. The maximum Gasteiger partial charge on any atom is 0.0798 e. The molecule has 2 aliphatic rings. The zero-order valence-corrected chi connectivity index (χ0v) is 11.7. The highest BCUT2D eigenvalue weighted by Gasteiger charge is 2.40. The van der Waals surface area contributed by atoms with Crippen molar-refractivity contribution in [3.63, 3.8) is 0 Å². The van der Waals surface area contributed by atoms with Crippen molar-refractivity contribution < 1.29 is 5.11 Å². The number of aliphatic hydroxyl groups excluding tert-OH is 1. The summed E-state index contributed by atoms with van der Waals surface area (Å²) in [4.78, 5) is 4.17. The first kappa shape index (κ1) is 12.3. The van der Waals surface area contributed by atoms with Crippen molar-refractivity contribution in [2.75, 3.05) is 0 Å². The number of benzene rings is 1. The summed E-state index contributed by atoms with van der Waals surface area (Å²) >= 11 is 0. The van der Waals surface area contributed by atoms with E-state index < -0.39 is 0 Å². The van der Waals surface area contributed by atoms with Crippen molar-refractivity contribution in [2.45, 2.75) is 38.2 Å². The van der Waals surface area contributed by atoms with E-state index in [2.05, 4.69) is 17.1 Å². The molecule has 20 heavy (non-hydrogen) atoms. The third kappa shape index (κ3) is 2.03. The molecule has 1 aromatic heterocycles. The third-order valence-electron chi connectivity index (χ3n) is 5.48. The summed E-state index contributed by atoms with van der Waals surface area (Å²) < 4.78 is 0. The summed E-state index contributed by atoms with van der Waals surface area (Å²) in [6, 6.07) is 8.19. The van der Waals surface area contributed by atoms with Crippen LogP contribution in [0.4, 0.5) is 0 Å². The molecule has 2 bridgehead atoms. The van der Waals surface area contributed by atoms with Crippen molar-refractivity contribution in [2.24, 2.45) is 17.8 Å². The highest BCUT2D eigenvalue weighted by atomic mass is 16.3. The topological polar surface area (TPSA) is 33.1 Å². The van der Waals surface area contributed by atoms with E-state index in [0.29, 0.717) is 0 Å². The van der Waals surface area contributed by atoms with Crippen molar-refractivity contribution in [3.8, 4) is 0 Å². The molecule has 2 heteroatoms. The van der Waals surface area contributed by atoms with Crippen LogP contribution in [0.2, 0.25) is 0 Å². The minimum atomic E-state index is -0.328. The Morgan fingerprint density at radius 2 is 2.15 bits per heavy atom. The number of aromatic nitrogens is 1. The number of hydrogen-bond acceptors (Lipinski definition) is 2. The van der Waals surface area contributed by atoms with Gasteiger partial charge in [0.05, 0.1) is 6.10 Å². The van der Waals surface area contributed by atoms with Gasteiger partial charge in [-0.1, -0.05) is 24.6 Å². The van der Waals surface area contributed by atoms with Crippen molar-refractivity contribution in [1.82, 2.24) is 4.98 Å². The average molecular weight is 267 g/mol. The summed E-state index contributed by atoms with van der Waals surface area (Å²) in [6.07, 6.45) is 9.87. The predicted octanol–water partition coefficient (Wildman–Crippen LogP) is 4.09. The van der Waals surface area contributed by atoms with Crippen LogP contribution < -0.4 is 0 Å². The normalized spacial score (nSPS) is 29.9. The summed E-state index contributed by atoms with van der Waals surface area (Å²) in [5.41, 5.74) is 1.08. The highest BCUT2D eigenvalue weighted by molar-refractivity contribution is 5.85. The SMILES string of the molecule is OC(CC1CC2CCC1C2)c1cccc2cnccc12. The second-order valence-corrected chi connectivity index (χ2v) is 6.63. The lowest BCUT2D eigenvalue weighted by atomic mass is 9.83. The van der Waals surface area contributed by atoms with Crippen molar-refractivity contribution in [3.05, 3.63) is 42.2 Å². The Labute approximate surface area is 119 Å². The van der Waals surface area contributed by atoms with Gasteiger partial charge in [0.15, 0.2) is 0 Å². The molecule has 2 aliphatic carbocycles. The highest BCUT2D eigenvalue weighted by Crippen LogP contribution is 2.51. The maximum absolute atomic E-state index is 10.7. The fourth-order valence-electron chi connectivity index (χ4n) is 4.52. The Morgan fingerprint density at radius 3 is 2.95 bits per heavy atom. The molecule has 4 unspecified atom stereocenters. The van der Waals surface area contributed by atoms with E-state index in [4.69, 9.17) is 0 Å². The molecule has 1 heterocycles. The second-order valence-electron chi connectivity index (χ2n) is 6.63. The minimum absolute atomic E-state index is 0.328. The standard InChI is InChI=1S/C18H21NO/c20-18(10-15-9-12-4-5-13(15)8-12)17-3-1-2-14-11-19-7-6-16(14)17/h1-3,6-7,11-13,15,18,20H,4-5,8-10H2. The van der Waals surface area contributed by atoms with E-state index >= 15 is 0 Å². The molecular formula is C18H21NO. The number of aliphatic hydroxyl groups is 1. The summed E-state index contributed by atoms with van der Waals surface area (Å²) in [5, 5.41) is 13.0. The van der Waals surface area contributed by atoms with Crippen molar-refractivity contribution >= 4 is 10.8 Å². The third-order valence-corrected chi connectivity index (χ3v) is 5.48. The van der Waals surface area contributed by atoms with Crippen LogP contribution >= 0.6 is 0 Å². The molecule has 1 N–H and O–H groups in total. The molecule has 4 atom stereocenters. The molecule has 1 aromatic carbocycles. The van der Waals surface area contributed by atoms with E-state index in [0.717, 1.165) is 40.5 Å². The number of rotatable bonds is 3. The van der Waals surface area contributed by atoms with Gasteiger partial charge in [0.25, 0.3) is 0 Å². The van der Waals surface area contributed by atoms with Gasteiger partial charge in [0, 0.05) is 17.8 Å². The molecule has 2 nitrogen and oxygen atoms in total. The van der Waals surface area contributed by atoms with Crippen LogP contribution in [0, 0.1) is 17.8 Å². The first-order chi connectivity index (χ1) is 9.81. The lowest BCUT2D eigenvalue weighted by Gasteiger charge is -2.24. The molecule has 2 aromatic rings. The number of hydrogen-bond donors (Lipinski definition) is 1. The number of nitrogens with zero attached hydrogens (tertiary/aromatic N) is 1. The number of pyridine rings is 1. The predicted molar refractivity (Wildman–Crippen MR) is 80.3 cm³/mol. The van der Waals surface area contributed by atoms with Gasteiger partial charge in [-0.3, -0.25) is 4.98 Å². The molecule has 0 spiro atoms. The monoisotopic (exact) mass is 267 g/mol. The smallest absolute Gasteiger partial charge is 0.0798 e. The largest absolute Gasteiger partial charge is 0.388 e. The van der Waals surface area contributed by atoms with Crippen LogP contribution in [-0.2, 0) is 0 Å². The molecule has 104 valence electrons. The van der Waals surface area contributed by atoms with Gasteiger partial charge in [-0.05, 0) is 60.5 Å². The van der Waals surface area contributed by atoms with Gasteiger partial charge in [-0.15, -0.1) is 0 Å². The Kier molecular flexibility index (Phi) is 2.99. The molecule has 2 saturated carbocycles. The van der Waals surface area contributed by atoms with Crippen molar-refractivity contribution in [1.29, 1.82) is 0 Å². The van der Waals surface area contributed by atoms with Gasteiger partial charge in [-0.25, -0.2) is 0 Å². The Morgan fingerprint density at radius 1 is 1.20 bits per heavy atom. The van der Waals surface area contributed by atoms with Crippen LogP contribution in [0.5, 0.6) is 0 Å². The second kappa shape index (κ2) is 4.85. The summed E-state index contributed by atoms with van der Waals surface area (Å²) in [7, 11) is 0. The van der Waals surface area contributed by atoms with Crippen LogP contribution in [0.3, 0.4) is 0 Å². The molecule has 4 rings (SSSR count). The van der Waals surface area contributed by atoms with Gasteiger partial charge in [-0.2, -0.15) is 0 Å². The fourth-order valence-corrected chi connectivity index (χ4v) is 4.52. The average Bonchev–Trinajstić information content (AvgIpc) is 3.09. The van der Waals surface area contributed by atoms with E-state index in [-0.39, 0.29) is 6.10 Å². The van der Waals surface area contributed by atoms with Crippen LogP contribution in [0.1, 0.15) is 43.8 Å². The molecule has 0 aliphatic heterocycles. The molecule has 2 fully saturated rings. The molecular weight excluding hydrogens is 246 g/mol. The fraction of sp³-hybridized carbons (Fsp3) is 0.500. The lowest BCUT2D eigenvalue weighted by molar-refractivity contribution is 0.127. The first-order valence-electron chi connectivity index (χ1n) is 7.82. The van der Waals surface area contributed by atoms with E-state index in [9.17, 15) is 5.11 Å². The van der Waals surface area contributed by atoms with Crippen LogP contribution in [0.25, 0.3) is 10.8 Å². The Bertz CT molecular complexity index is 618. The quantitative estimate of drug-likeness (QED) is 0.908. The minimum Gasteiger partial charge on any atom is -0.388 e.